The Balaban J connectivity index is 1.64. The van der Waals surface area contributed by atoms with E-state index < -0.39 is 0 Å². The van der Waals surface area contributed by atoms with Crippen LogP contribution in [0.15, 0.2) is 63.7 Å². The van der Waals surface area contributed by atoms with Crippen molar-refractivity contribution in [3.8, 4) is 0 Å². The standard InChI is InChI=1S/C17H14N4O3/c22-12-8-10(13-3-1-5-23-13)7-11-15(12)16(14-4-2-6-24-14)21-17(20-11)18-9-19-21/h1-7,9-10,15-16H,8H2,(H,18,19,20)/t10-,15-,16-/m1/s1. The number of Topliss-reactive ketones (excluding diaryl/α,β-unsaturated/α-hetero) is 1. The zero-order valence-electron chi connectivity index (χ0n) is 12.6. The molecule has 4 heterocycles. The maximum atomic E-state index is 12.9. The Hall–Kier alpha value is -3.09. The third-order valence-electron chi connectivity index (χ3n) is 4.64. The average Bonchev–Trinajstić information content (AvgIpc) is 3.33. The lowest BCUT2D eigenvalue weighted by Gasteiger charge is -2.36. The van der Waals surface area contributed by atoms with Crippen molar-refractivity contribution in [1.29, 1.82) is 0 Å². The van der Waals surface area contributed by atoms with Crippen LogP contribution < -0.4 is 5.32 Å². The van der Waals surface area contributed by atoms with Crippen LogP contribution in [-0.4, -0.2) is 20.5 Å². The molecule has 3 atom stereocenters. The molecule has 0 spiro atoms. The van der Waals surface area contributed by atoms with Gasteiger partial charge in [0.15, 0.2) is 0 Å². The molecule has 0 fully saturated rings. The second-order valence-corrected chi connectivity index (χ2v) is 6.01. The Bertz CT molecular complexity index is 908. The normalized spacial score (nSPS) is 25.6. The van der Waals surface area contributed by atoms with Gasteiger partial charge < -0.3 is 14.2 Å². The molecule has 0 bridgehead atoms. The summed E-state index contributed by atoms with van der Waals surface area (Å²) in [6, 6.07) is 7.09. The van der Waals surface area contributed by atoms with Crippen LogP contribution in [0.25, 0.3) is 0 Å². The Morgan fingerprint density at radius 1 is 1.17 bits per heavy atom. The quantitative estimate of drug-likeness (QED) is 0.781. The van der Waals surface area contributed by atoms with E-state index in [9.17, 15) is 4.79 Å². The molecule has 0 saturated heterocycles. The van der Waals surface area contributed by atoms with E-state index in [1.165, 1.54) is 6.33 Å². The second-order valence-electron chi connectivity index (χ2n) is 6.01. The zero-order chi connectivity index (χ0) is 16.1. The molecule has 2 aliphatic rings. The maximum absolute atomic E-state index is 12.9. The van der Waals surface area contributed by atoms with Crippen molar-refractivity contribution in [3.05, 3.63) is 66.4 Å². The fourth-order valence-electron chi connectivity index (χ4n) is 3.60. The van der Waals surface area contributed by atoms with Gasteiger partial charge in [0.25, 0.3) is 0 Å². The first-order valence-electron chi connectivity index (χ1n) is 7.79. The lowest BCUT2D eigenvalue weighted by Crippen LogP contribution is -2.39. The van der Waals surface area contributed by atoms with E-state index in [1.807, 2.05) is 24.3 Å². The van der Waals surface area contributed by atoms with Gasteiger partial charge in [0.2, 0.25) is 5.95 Å². The Kier molecular flexibility index (Phi) is 2.76. The van der Waals surface area contributed by atoms with E-state index in [0.29, 0.717) is 18.1 Å². The van der Waals surface area contributed by atoms with Crippen LogP contribution in [0.5, 0.6) is 0 Å². The summed E-state index contributed by atoms with van der Waals surface area (Å²) in [5.41, 5.74) is 0.828. The summed E-state index contributed by atoms with van der Waals surface area (Å²) in [4.78, 5) is 17.2. The minimum atomic E-state index is -0.364. The van der Waals surface area contributed by atoms with Crippen LogP contribution >= 0.6 is 0 Å². The smallest absolute Gasteiger partial charge is 0.226 e. The van der Waals surface area contributed by atoms with Gasteiger partial charge >= 0.3 is 0 Å². The first kappa shape index (κ1) is 13.4. The predicted molar refractivity (Wildman–Crippen MR) is 83.1 cm³/mol. The summed E-state index contributed by atoms with van der Waals surface area (Å²) in [5, 5.41) is 7.51. The number of anilines is 1. The van der Waals surface area contributed by atoms with Crippen molar-refractivity contribution in [1.82, 2.24) is 14.8 Å². The molecule has 7 heteroatoms. The number of rotatable bonds is 2. The number of allylic oxidation sites excluding steroid dienone is 2. The third-order valence-corrected chi connectivity index (χ3v) is 4.64. The van der Waals surface area contributed by atoms with Crippen LogP contribution in [0.3, 0.4) is 0 Å². The minimum absolute atomic E-state index is 0.0713. The van der Waals surface area contributed by atoms with Crippen molar-refractivity contribution in [2.24, 2.45) is 5.92 Å². The van der Waals surface area contributed by atoms with Gasteiger partial charge in [-0.15, -0.1) is 0 Å². The minimum Gasteiger partial charge on any atom is -0.469 e. The molecule has 3 aromatic rings. The number of furan rings is 2. The van der Waals surface area contributed by atoms with E-state index in [1.54, 1.807) is 17.2 Å². The number of aromatic nitrogens is 3. The topological polar surface area (TPSA) is 86.1 Å². The van der Waals surface area contributed by atoms with E-state index in [0.717, 1.165) is 11.5 Å². The highest BCUT2D eigenvalue weighted by Gasteiger charge is 2.44. The van der Waals surface area contributed by atoms with E-state index in [4.69, 9.17) is 8.83 Å². The summed E-state index contributed by atoms with van der Waals surface area (Å²) >= 11 is 0. The molecule has 5 rings (SSSR count). The first-order chi connectivity index (χ1) is 11.8. The van der Waals surface area contributed by atoms with Crippen molar-refractivity contribution in [2.45, 2.75) is 18.4 Å². The molecular weight excluding hydrogens is 308 g/mol. The fourth-order valence-corrected chi connectivity index (χ4v) is 3.60. The highest BCUT2D eigenvalue weighted by molar-refractivity contribution is 5.88. The molecule has 0 unspecified atom stereocenters. The number of carbonyl (C=O) groups excluding carboxylic acids is 1. The van der Waals surface area contributed by atoms with Gasteiger partial charge in [-0.1, -0.05) is 6.08 Å². The third kappa shape index (κ3) is 1.87. The zero-order valence-corrected chi connectivity index (χ0v) is 12.6. The SMILES string of the molecule is O=C1C[C@H](c2ccco2)C=C2Nc3ncnn3[C@H](c3ccco3)[C@@H]12. The summed E-state index contributed by atoms with van der Waals surface area (Å²) in [5.74, 6) is 1.78. The molecule has 0 radical (unpaired) electrons. The van der Waals surface area contributed by atoms with Crippen molar-refractivity contribution >= 4 is 11.7 Å². The van der Waals surface area contributed by atoms with Gasteiger partial charge in [0, 0.05) is 18.0 Å². The maximum Gasteiger partial charge on any atom is 0.226 e. The molecule has 7 nitrogen and oxygen atoms in total. The summed E-state index contributed by atoms with van der Waals surface area (Å²) in [6.07, 6.45) is 7.16. The van der Waals surface area contributed by atoms with Gasteiger partial charge in [0.1, 0.15) is 29.7 Å². The van der Waals surface area contributed by atoms with Crippen molar-refractivity contribution < 1.29 is 13.6 Å². The molecule has 120 valence electrons. The highest BCUT2D eigenvalue weighted by Crippen LogP contribution is 2.43. The Morgan fingerprint density at radius 2 is 1.96 bits per heavy atom. The molecule has 1 aliphatic carbocycles. The van der Waals surface area contributed by atoms with Crippen LogP contribution in [-0.2, 0) is 4.79 Å². The molecule has 1 aliphatic heterocycles. The number of hydrogen-bond donors (Lipinski definition) is 1. The van der Waals surface area contributed by atoms with Gasteiger partial charge in [-0.05, 0) is 24.3 Å². The molecule has 3 aromatic heterocycles. The molecule has 0 saturated carbocycles. The highest BCUT2D eigenvalue weighted by atomic mass is 16.3. The van der Waals surface area contributed by atoms with Crippen molar-refractivity contribution in [2.75, 3.05) is 5.32 Å². The number of carbonyl (C=O) groups is 1. The van der Waals surface area contributed by atoms with Gasteiger partial charge in [-0.3, -0.25) is 4.79 Å². The molecule has 0 amide bonds. The number of fused-ring (bicyclic) bond motifs is 2. The lowest BCUT2D eigenvalue weighted by atomic mass is 9.78. The van der Waals surface area contributed by atoms with Crippen molar-refractivity contribution in [3.63, 3.8) is 0 Å². The predicted octanol–water partition coefficient (Wildman–Crippen LogP) is 2.74. The molecule has 24 heavy (non-hydrogen) atoms. The first-order valence-corrected chi connectivity index (χ1v) is 7.79. The van der Waals surface area contributed by atoms with Gasteiger partial charge in [-0.2, -0.15) is 10.1 Å². The lowest BCUT2D eigenvalue weighted by molar-refractivity contribution is -0.123. The summed E-state index contributed by atoms with van der Waals surface area (Å²) in [6.45, 7) is 0. The average molecular weight is 322 g/mol. The van der Waals surface area contributed by atoms with E-state index in [2.05, 4.69) is 21.5 Å². The number of nitrogens with one attached hydrogen (secondary N) is 1. The number of hydrogen-bond acceptors (Lipinski definition) is 6. The second kappa shape index (κ2) is 4.95. The van der Waals surface area contributed by atoms with E-state index >= 15 is 0 Å². The number of ketones is 1. The molecular formula is C17H14N4O3. The fraction of sp³-hybridized carbons (Fsp3) is 0.235. The summed E-state index contributed by atoms with van der Waals surface area (Å²) in [7, 11) is 0. The van der Waals surface area contributed by atoms with Crippen LogP contribution in [0.1, 0.15) is 29.9 Å². The Labute approximate surface area is 137 Å². The van der Waals surface area contributed by atoms with Gasteiger partial charge in [-0.25, -0.2) is 4.68 Å². The van der Waals surface area contributed by atoms with Gasteiger partial charge in [0.05, 0.1) is 18.4 Å². The van der Waals surface area contributed by atoms with E-state index in [-0.39, 0.29) is 23.7 Å². The summed E-state index contributed by atoms with van der Waals surface area (Å²) < 4.78 is 12.8. The van der Waals surface area contributed by atoms with Crippen LogP contribution in [0.4, 0.5) is 5.95 Å². The van der Waals surface area contributed by atoms with Crippen LogP contribution in [0, 0.1) is 5.92 Å². The molecule has 0 aromatic carbocycles. The number of nitrogens with zero attached hydrogens (tertiary/aromatic N) is 3. The van der Waals surface area contributed by atoms with Crippen LogP contribution in [0.2, 0.25) is 0 Å². The molecule has 1 N–H and O–H groups in total. The largest absolute Gasteiger partial charge is 0.469 e. The Morgan fingerprint density at radius 3 is 2.71 bits per heavy atom. The monoisotopic (exact) mass is 322 g/mol.